The molecule has 0 fully saturated rings. The van der Waals surface area contributed by atoms with Gasteiger partial charge in [-0.3, -0.25) is 0 Å². The van der Waals surface area contributed by atoms with Gasteiger partial charge in [-0.15, -0.1) is 5.10 Å². The van der Waals surface area contributed by atoms with E-state index < -0.39 is 0 Å². The van der Waals surface area contributed by atoms with Crippen molar-refractivity contribution in [2.45, 2.75) is 13.5 Å². The van der Waals surface area contributed by atoms with Crippen LogP contribution in [-0.4, -0.2) is 15.2 Å². The Hall–Kier alpha value is -1.98. The Labute approximate surface area is 80.5 Å². The fraction of sp³-hybridized carbons (Fsp3) is 0.250. The fourth-order valence-corrected chi connectivity index (χ4v) is 1.12. The van der Waals surface area contributed by atoms with E-state index in [9.17, 15) is 0 Å². The van der Waals surface area contributed by atoms with Crippen molar-refractivity contribution in [3.8, 4) is 0 Å². The molecule has 0 aromatic carbocycles. The molecule has 0 saturated carbocycles. The molecule has 0 radical (unpaired) electrons. The van der Waals surface area contributed by atoms with Gasteiger partial charge < -0.3 is 15.5 Å². The highest BCUT2D eigenvalue weighted by molar-refractivity contribution is 5.31. The lowest BCUT2D eigenvalue weighted by Gasteiger charge is -1.98. The first-order valence-electron chi connectivity index (χ1n) is 4.20. The number of aromatic nitrogens is 3. The number of nitrogens with two attached hydrogens (primary N) is 1. The number of aromatic amines is 1. The number of rotatable bonds is 3. The van der Waals surface area contributed by atoms with Crippen molar-refractivity contribution in [3.05, 3.63) is 23.7 Å². The van der Waals surface area contributed by atoms with Gasteiger partial charge in [0.1, 0.15) is 5.76 Å². The first-order valence-corrected chi connectivity index (χ1v) is 4.20. The van der Waals surface area contributed by atoms with Gasteiger partial charge in [0.15, 0.2) is 0 Å². The summed E-state index contributed by atoms with van der Waals surface area (Å²) in [4.78, 5) is 3.91. The molecule has 0 unspecified atom stereocenters. The highest BCUT2D eigenvalue weighted by Crippen LogP contribution is 2.10. The Morgan fingerprint density at radius 2 is 2.50 bits per heavy atom. The number of hydrogen-bond acceptors (Lipinski definition) is 5. The molecule has 0 amide bonds. The molecule has 2 aromatic rings. The van der Waals surface area contributed by atoms with Crippen molar-refractivity contribution in [2.24, 2.45) is 0 Å². The van der Waals surface area contributed by atoms with Crippen LogP contribution in [0.4, 0.5) is 11.9 Å². The lowest BCUT2D eigenvalue weighted by atomic mass is 10.3. The maximum atomic E-state index is 5.37. The molecule has 74 valence electrons. The van der Waals surface area contributed by atoms with Gasteiger partial charge >= 0.3 is 0 Å². The van der Waals surface area contributed by atoms with Gasteiger partial charge in [-0.2, -0.15) is 4.98 Å². The first kappa shape index (κ1) is 8.61. The van der Waals surface area contributed by atoms with E-state index in [0.717, 1.165) is 11.3 Å². The van der Waals surface area contributed by atoms with E-state index in [2.05, 4.69) is 20.5 Å². The molecule has 0 saturated heterocycles. The molecular weight excluding hydrogens is 182 g/mol. The second kappa shape index (κ2) is 3.41. The number of nitrogens with zero attached hydrogens (tertiary/aromatic N) is 2. The maximum absolute atomic E-state index is 5.37. The van der Waals surface area contributed by atoms with E-state index in [1.807, 2.05) is 13.0 Å². The third-order valence-electron chi connectivity index (χ3n) is 1.91. The molecule has 0 bridgehead atoms. The molecule has 4 N–H and O–H groups in total. The molecule has 2 heterocycles. The van der Waals surface area contributed by atoms with Gasteiger partial charge in [0.25, 0.3) is 0 Å². The van der Waals surface area contributed by atoms with Crippen LogP contribution in [0.15, 0.2) is 16.7 Å². The minimum absolute atomic E-state index is 0.302. The number of furan rings is 1. The minimum atomic E-state index is 0.302. The Bertz CT molecular complexity index is 419. The molecule has 6 heteroatoms. The summed E-state index contributed by atoms with van der Waals surface area (Å²) in [5.41, 5.74) is 6.45. The summed E-state index contributed by atoms with van der Waals surface area (Å²) in [6.45, 7) is 2.53. The standard InChI is InChI=1S/C8H11N5O/c1-5-6(2-3-14-5)4-10-8-11-7(9)12-13-8/h2-3H,4H2,1H3,(H4,9,10,11,12,13). The Kier molecular flexibility index (Phi) is 2.10. The van der Waals surface area contributed by atoms with Gasteiger partial charge in [0.2, 0.25) is 11.9 Å². The number of aryl methyl sites for hydroxylation is 1. The van der Waals surface area contributed by atoms with Gasteiger partial charge in [-0.1, -0.05) is 0 Å². The summed E-state index contributed by atoms with van der Waals surface area (Å²) in [6, 6.07) is 1.90. The van der Waals surface area contributed by atoms with Crippen molar-refractivity contribution in [1.29, 1.82) is 0 Å². The zero-order chi connectivity index (χ0) is 9.97. The molecule has 2 rings (SSSR count). The molecule has 6 nitrogen and oxygen atoms in total. The number of nitrogens with one attached hydrogen (secondary N) is 2. The highest BCUT2D eigenvalue weighted by atomic mass is 16.3. The van der Waals surface area contributed by atoms with Crippen LogP contribution >= 0.6 is 0 Å². The fourth-order valence-electron chi connectivity index (χ4n) is 1.12. The Morgan fingerprint density at radius 3 is 3.07 bits per heavy atom. The van der Waals surface area contributed by atoms with Crippen LogP contribution in [0, 0.1) is 6.92 Å². The number of hydrogen-bond donors (Lipinski definition) is 3. The lowest BCUT2D eigenvalue weighted by molar-refractivity contribution is 0.530. The average Bonchev–Trinajstić information content (AvgIpc) is 2.72. The van der Waals surface area contributed by atoms with Gasteiger partial charge in [-0.25, -0.2) is 5.10 Å². The molecule has 14 heavy (non-hydrogen) atoms. The molecular formula is C8H11N5O. The van der Waals surface area contributed by atoms with E-state index >= 15 is 0 Å². The third kappa shape index (κ3) is 1.68. The van der Waals surface area contributed by atoms with Crippen molar-refractivity contribution >= 4 is 11.9 Å². The molecule has 0 aliphatic rings. The Balaban J connectivity index is 1.98. The van der Waals surface area contributed by atoms with Gasteiger partial charge in [0, 0.05) is 12.1 Å². The number of anilines is 2. The van der Waals surface area contributed by atoms with Crippen LogP contribution in [0.5, 0.6) is 0 Å². The monoisotopic (exact) mass is 193 g/mol. The van der Waals surface area contributed by atoms with Crippen molar-refractivity contribution < 1.29 is 4.42 Å². The van der Waals surface area contributed by atoms with Crippen LogP contribution in [0.1, 0.15) is 11.3 Å². The molecule has 0 atom stereocenters. The van der Waals surface area contributed by atoms with E-state index in [0.29, 0.717) is 18.4 Å². The minimum Gasteiger partial charge on any atom is -0.469 e. The predicted molar refractivity (Wildman–Crippen MR) is 51.6 cm³/mol. The largest absolute Gasteiger partial charge is 0.469 e. The topological polar surface area (TPSA) is 92.8 Å². The zero-order valence-electron chi connectivity index (χ0n) is 7.74. The van der Waals surface area contributed by atoms with Crippen molar-refractivity contribution in [2.75, 3.05) is 11.1 Å². The summed E-state index contributed by atoms with van der Waals surface area (Å²) >= 11 is 0. The first-order chi connectivity index (χ1) is 6.75. The molecule has 2 aromatic heterocycles. The molecule has 0 spiro atoms. The van der Waals surface area contributed by atoms with Crippen molar-refractivity contribution in [1.82, 2.24) is 15.2 Å². The van der Waals surface area contributed by atoms with Crippen LogP contribution in [-0.2, 0) is 6.54 Å². The normalized spacial score (nSPS) is 10.4. The van der Waals surface area contributed by atoms with Crippen LogP contribution in [0.3, 0.4) is 0 Å². The Morgan fingerprint density at radius 1 is 1.64 bits per heavy atom. The SMILES string of the molecule is Cc1occc1CNc1n[nH]c(N)n1. The zero-order valence-corrected chi connectivity index (χ0v) is 7.74. The highest BCUT2D eigenvalue weighted by Gasteiger charge is 2.03. The maximum Gasteiger partial charge on any atom is 0.243 e. The summed E-state index contributed by atoms with van der Waals surface area (Å²) < 4.78 is 5.14. The second-order valence-corrected chi connectivity index (χ2v) is 2.90. The predicted octanol–water partition coefficient (Wildman–Crippen LogP) is 0.900. The van der Waals surface area contributed by atoms with Crippen molar-refractivity contribution in [3.63, 3.8) is 0 Å². The third-order valence-corrected chi connectivity index (χ3v) is 1.91. The summed E-state index contributed by atoms with van der Waals surface area (Å²) in [6.07, 6.45) is 1.65. The number of H-pyrrole nitrogens is 1. The summed E-state index contributed by atoms with van der Waals surface area (Å²) in [5.74, 6) is 1.68. The van der Waals surface area contributed by atoms with Crippen LogP contribution in [0.25, 0.3) is 0 Å². The van der Waals surface area contributed by atoms with E-state index in [-0.39, 0.29) is 0 Å². The summed E-state index contributed by atoms with van der Waals surface area (Å²) in [5, 5.41) is 9.40. The smallest absolute Gasteiger partial charge is 0.243 e. The van der Waals surface area contributed by atoms with Gasteiger partial charge in [-0.05, 0) is 13.0 Å². The molecule has 0 aliphatic heterocycles. The van der Waals surface area contributed by atoms with E-state index in [1.165, 1.54) is 0 Å². The van der Waals surface area contributed by atoms with Gasteiger partial charge in [0.05, 0.1) is 6.26 Å². The summed E-state index contributed by atoms with van der Waals surface area (Å²) in [7, 11) is 0. The van der Waals surface area contributed by atoms with E-state index in [1.54, 1.807) is 6.26 Å². The molecule has 0 aliphatic carbocycles. The quantitative estimate of drug-likeness (QED) is 0.673. The second-order valence-electron chi connectivity index (χ2n) is 2.90. The van der Waals surface area contributed by atoms with Crippen LogP contribution < -0.4 is 11.1 Å². The number of nitrogen functional groups attached to an aromatic ring is 1. The lowest BCUT2D eigenvalue weighted by Crippen LogP contribution is -2.01. The van der Waals surface area contributed by atoms with E-state index in [4.69, 9.17) is 10.2 Å². The van der Waals surface area contributed by atoms with Crippen LogP contribution in [0.2, 0.25) is 0 Å². The average molecular weight is 193 g/mol.